The zero-order valence-electron chi connectivity index (χ0n) is 14.6. The third kappa shape index (κ3) is 3.75. The average molecular weight is 340 g/mol. The molecular formula is C19H24N4O2. The van der Waals surface area contributed by atoms with Gasteiger partial charge >= 0.3 is 0 Å². The van der Waals surface area contributed by atoms with Gasteiger partial charge in [-0.3, -0.25) is 0 Å². The normalized spacial score (nSPS) is 19.3. The van der Waals surface area contributed by atoms with Gasteiger partial charge in [-0.2, -0.15) is 4.98 Å². The van der Waals surface area contributed by atoms with Crippen LogP contribution < -0.4 is 10.2 Å². The summed E-state index contributed by atoms with van der Waals surface area (Å²) < 4.78 is 11.6. The second-order valence-electron chi connectivity index (χ2n) is 6.63. The first-order chi connectivity index (χ1) is 12.2. The van der Waals surface area contributed by atoms with Gasteiger partial charge < -0.3 is 19.7 Å². The topological polar surface area (TPSA) is 59.5 Å². The Kier molecular flexibility index (Phi) is 4.55. The monoisotopic (exact) mass is 340 g/mol. The number of hydrogen-bond acceptors (Lipinski definition) is 6. The van der Waals surface area contributed by atoms with Gasteiger partial charge in [-0.15, -0.1) is 0 Å². The van der Waals surface area contributed by atoms with Crippen molar-refractivity contribution in [3.63, 3.8) is 0 Å². The first kappa shape index (κ1) is 16.3. The molecule has 1 aromatic heterocycles. The summed E-state index contributed by atoms with van der Waals surface area (Å²) in [4.78, 5) is 11.5. The van der Waals surface area contributed by atoms with E-state index in [4.69, 9.17) is 14.5 Å². The molecule has 2 saturated heterocycles. The molecule has 0 aliphatic carbocycles. The van der Waals surface area contributed by atoms with Crippen molar-refractivity contribution in [2.45, 2.75) is 32.1 Å². The number of anilines is 2. The molecule has 2 aliphatic heterocycles. The molecule has 1 N–H and O–H groups in total. The maximum absolute atomic E-state index is 5.80. The minimum Gasteiger partial charge on any atom is -0.366 e. The molecule has 6 nitrogen and oxygen atoms in total. The van der Waals surface area contributed by atoms with Gasteiger partial charge in [0.25, 0.3) is 0 Å². The van der Waals surface area contributed by atoms with Gasteiger partial charge in [0, 0.05) is 44.2 Å². The van der Waals surface area contributed by atoms with Gasteiger partial charge in [0.2, 0.25) is 5.95 Å². The van der Waals surface area contributed by atoms with Crippen LogP contribution in [0.15, 0.2) is 36.4 Å². The van der Waals surface area contributed by atoms with Crippen LogP contribution in [0.2, 0.25) is 0 Å². The highest BCUT2D eigenvalue weighted by Crippen LogP contribution is 2.32. The van der Waals surface area contributed by atoms with E-state index in [-0.39, 0.29) is 5.79 Å². The third-order valence-electron chi connectivity index (χ3n) is 4.78. The third-order valence-corrected chi connectivity index (χ3v) is 4.78. The number of piperidine rings is 1. The number of nitrogens with one attached hydrogen (secondary N) is 1. The lowest BCUT2D eigenvalue weighted by Crippen LogP contribution is -2.45. The molecule has 0 unspecified atom stereocenters. The highest BCUT2D eigenvalue weighted by molar-refractivity contribution is 5.44. The Morgan fingerprint density at radius 2 is 1.80 bits per heavy atom. The van der Waals surface area contributed by atoms with E-state index in [1.165, 1.54) is 5.56 Å². The fourth-order valence-corrected chi connectivity index (χ4v) is 3.41. The summed E-state index contributed by atoms with van der Waals surface area (Å²) in [6, 6.07) is 12.3. The number of benzene rings is 1. The van der Waals surface area contributed by atoms with Crippen molar-refractivity contribution >= 4 is 11.8 Å². The Bertz CT molecular complexity index is 707. The van der Waals surface area contributed by atoms with Gasteiger partial charge in [-0.05, 0) is 12.5 Å². The standard InChI is InChI=1S/C19H24N4O2/c1-15-13-17(20-14-16-5-3-2-4-6-16)22-18(21-15)23-9-7-19(8-10-23)24-11-12-25-19/h2-6,13H,7-12,14H2,1H3,(H,20,21,22). The van der Waals surface area contributed by atoms with Gasteiger partial charge in [0.15, 0.2) is 5.79 Å². The number of ether oxygens (including phenoxy) is 2. The second-order valence-corrected chi connectivity index (χ2v) is 6.63. The van der Waals surface area contributed by atoms with Crippen LogP contribution in [0, 0.1) is 6.92 Å². The quantitative estimate of drug-likeness (QED) is 0.923. The number of aryl methyl sites for hydroxylation is 1. The number of rotatable bonds is 4. The molecule has 0 saturated carbocycles. The number of hydrogen-bond donors (Lipinski definition) is 1. The van der Waals surface area contributed by atoms with Crippen molar-refractivity contribution in [1.82, 2.24) is 9.97 Å². The van der Waals surface area contributed by atoms with E-state index in [1.54, 1.807) is 0 Å². The van der Waals surface area contributed by atoms with Crippen molar-refractivity contribution in [2.75, 3.05) is 36.5 Å². The Balaban J connectivity index is 1.43. The molecule has 4 rings (SSSR count). The lowest BCUT2D eigenvalue weighted by molar-refractivity contribution is -0.169. The molecule has 2 aliphatic rings. The summed E-state index contributed by atoms with van der Waals surface area (Å²) in [5.41, 5.74) is 2.20. The van der Waals surface area contributed by atoms with Crippen LogP contribution in [0.4, 0.5) is 11.8 Å². The minimum absolute atomic E-state index is 0.366. The largest absolute Gasteiger partial charge is 0.366 e. The van der Waals surface area contributed by atoms with E-state index in [2.05, 4.69) is 27.3 Å². The van der Waals surface area contributed by atoms with Crippen LogP contribution in [0.3, 0.4) is 0 Å². The Labute approximate surface area is 148 Å². The zero-order valence-corrected chi connectivity index (χ0v) is 14.6. The van der Waals surface area contributed by atoms with Crippen LogP contribution in [0.1, 0.15) is 24.1 Å². The van der Waals surface area contributed by atoms with E-state index in [1.807, 2.05) is 31.2 Å². The van der Waals surface area contributed by atoms with Crippen molar-refractivity contribution in [3.8, 4) is 0 Å². The summed E-state index contributed by atoms with van der Waals surface area (Å²) in [7, 11) is 0. The molecule has 2 aromatic rings. The van der Waals surface area contributed by atoms with E-state index in [0.717, 1.165) is 49.9 Å². The predicted octanol–water partition coefficient (Wildman–Crippen LogP) is 2.74. The van der Waals surface area contributed by atoms with Gasteiger partial charge in [-0.25, -0.2) is 4.98 Å². The molecule has 132 valence electrons. The summed E-state index contributed by atoms with van der Waals surface area (Å²) in [6.45, 7) is 5.86. The van der Waals surface area contributed by atoms with Crippen molar-refractivity contribution < 1.29 is 9.47 Å². The maximum Gasteiger partial charge on any atom is 0.227 e. The fraction of sp³-hybridized carbons (Fsp3) is 0.474. The van der Waals surface area contributed by atoms with Crippen LogP contribution in [-0.4, -0.2) is 42.1 Å². The maximum atomic E-state index is 5.80. The Morgan fingerprint density at radius 1 is 1.08 bits per heavy atom. The van der Waals surface area contributed by atoms with Crippen LogP contribution in [0.25, 0.3) is 0 Å². The smallest absolute Gasteiger partial charge is 0.227 e. The zero-order chi connectivity index (χ0) is 17.1. The molecule has 0 atom stereocenters. The average Bonchev–Trinajstić information content (AvgIpc) is 3.09. The lowest BCUT2D eigenvalue weighted by Gasteiger charge is -2.37. The van der Waals surface area contributed by atoms with Gasteiger partial charge in [-0.1, -0.05) is 30.3 Å². The van der Waals surface area contributed by atoms with Gasteiger partial charge in [0.05, 0.1) is 13.2 Å². The molecule has 0 bridgehead atoms. The summed E-state index contributed by atoms with van der Waals surface area (Å²) >= 11 is 0. The van der Waals surface area contributed by atoms with E-state index in [0.29, 0.717) is 13.2 Å². The Hall–Kier alpha value is -2.18. The summed E-state index contributed by atoms with van der Waals surface area (Å²) in [5.74, 6) is 1.28. The molecule has 1 aromatic carbocycles. The number of nitrogens with zero attached hydrogens (tertiary/aromatic N) is 3. The molecule has 6 heteroatoms. The molecule has 3 heterocycles. The highest BCUT2D eigenvalue weighted by Gasteiger charge is 2.40. The first-order valence-corrected chi connectivity index (χ1v) is 8.89. The fourth-order valence-electron chi connectivity index (χ4n) is 3.41. The molecule has 1 spiro atoms. The van der Waals surface area contributed by atoms with Crippen molar-refractivity contribution in [3.05, 3.63) is 47.7 Å². The minimum atomic E-state index is -0.366. The molecular weight excluding hydrogens is 316 g/mol. The predicted molar refractivity (Wildman–Crippen MR) is 96.6 cm³/mol. The lowest BCUT2D eigenvalue weighted by atomic mass is 10.0. The van der Waals surface area contributed by atoms with Crippen LogP contribution >= 0.6 is 0 Å². The first-order valence-electron chi connectivity index (χ1n) is 8.89. The molecule has 0 amide bonds. The molecule has 0 radical (unpaired) electrons. The number of aromatic nitrogens is 2. The van der Waals surface area contributed by atoms with Crippen molar-refractivity contribution in [2.24, 2.45) is 0 Å². The van der Waals surface area contributed by atoms with E-state index < -0.39 is 0 Å². The summed E-state index contributed by atoms with van der Waals surface area (Å²) in [5, 5.41) is 3.40. The highest BCUT2D eigenvalue weighted by atomic mass is 16.7. The Morgan fingerprint density at radius 3 is 2.52 bits per heavy atom. The summed E-state index contributed by atoms with van der Waals surface area (Å²) in [6.07, 6.45) is 1.72. The van der Waals surface area contributed by atoms with Gasteiger partial charge in [0.1, 0.15) is 5.82 Å². The molecule has 2 fully saturated rings. The molecule has 25 heavy (non-hydrogen) atoms. The van der Waals surface area contributed by atoms with E-state index >= 15 is 0 Å². The van der Waals surface area contributed by atoms with Crippen molar-refractivity contribution in [1.29, 1.82) is 0 Å². The SMILES string of the molecule is Cc1cc(NCc2ccccc2)nc(N2CCC3(CC2)OCCO3)n1. The van der Waals surface area contributed by atoms with Crippen LogP contribution in [0.5, 0.6) is 0 Å². The van der Waals surface area contributed by atoms with E-state index in [9.17, 15) is 0 Å². The second kappa shape index (κ2) is 6.98. The van der Waals surface area contributed by atoms with Crippen LogP contribution in [-0.2, 0) is 16.0 Å².